The van der Waals surface area contributed by atoms with Gasteiger partial charge in [0.05, 0.1) is 25.9 Å². The highest BCUT2D eigenvalue weighted by Gasteiger charge is 2.34. The van der Waals surface area contributed by atoms with E-state index in [9.17, 15) is 4.79 Å². The maximum Gasteiger partial charge on any atom is 0.247 e. The van der Waals surface area contributed by atoms with Gasteiger partial charge in [-0.2, -0.15) is 0 Å². The highest BCUT2D eigenvalue weighted by Crippen LogP contribution is 2.23. The van der Waals surface area contributed by atoms with Crippen LogP contribution in [0, 0.1) is 0 Å². The Hall–Kier alpha value is -1.85. The summed E-state index contributed by atoms with van der Waals surface area (Å²) in [7, 11) is 4.97. The Bertz CT molecular complexity index is 553. The Balaban J connectivity index is 2.11. The fourth-order valence-corrected chi connectivity index (χ4v) is 2.87. The lowest BCUT2D eigenvalue weighted by Crippen LogP contribution is -2.37. The lowest BCUT2D eigenvalue weighted by atomic mass is 10.1. The summed E-state index contributed by atoms with van der Waals surface area (Å²) >= 11 is 0. The van der Waals surface area contributed by atoms with Crippen molar-refractivity contribution in [1.82, 2.24) is 4.90 Å². The van der Waals surface area contributed by atoms with Gasteiger partial charge in [0.2, 0.25) is 5.91 Å². The van der Waals surface area contributed by atoms with Gasteiger partial charge in [-0.1, -0.05) is 12.1 Å². The van der Waals surface area contributed by atoms with Crippen LogP contribution in [0.25, 0.3) is 5.57 Å². The zero-order valence-corrected chi connectivity index (χ0v) is 14.2. The molecule has 0 unspecified atom stereocenters. The van der Waals surface area contributed by atoms with Crippen LogP contribution in [0.15, 0.2) is 30.3 Å². The van der Waals surface area contributed by atoms with Gasteiger partial charge in [-0.05, 0) is 36.6 Å². The van der Waals surface area contributed by atoms with E-state index < -0.39 is 0 Å². The van der Waals surface area contributed by atoms with Crippen LogP contribution < -0.4 is 4.74 Å². The molecule has 126 valence electrons. The summed E-state index contributed by atoms with van der Waals surface area (Å²) in [6.45, 7) is 3.08. The van der Waals surface area contributed by atoms with Gasteiger partial charge < -0.3 is 19.1 Å². The molecular weight excluding hydrogens is 294 g/mol. The van der Waals surface area contributed by atoms with Gasteiger partial charge in [0.15, 0.2) is 0 Å². The summed E-state index contributed by atoms with van der Waals surface area (Å²) in [6.07, 6.45) is 2.57. The monoisotopic (exact) mass is 319 g/mol. The molecule has 0 bridgehead atoms. The van der Waals surface area contributed by atoms with Gasteiger partial charge in [0, 0.05) is 26.8 Å². The third kappa shape index (κ3) is 4.33. The molecule has 2 rings (SSSR count). The van der Waals surface area contributed by atoms with E-state index in [2.05, 4.69) is 0 Å². The van der Waals surface area contributed by atoms with Crippen molar-refractivity contribution >= 4 is 11.5 Å². The average molecular weight is 319 g/mol. The van der Waals surface area contributed by atoms with Crippen molar-refractivity contribution in [3.8, 4) is 5.75 Å². The molecule has 0 spiro atoms. The molecule has 5 nitrogen and oxygen atoms in total. The smallest absolute Gasteiger partial charge is 0.247 e. The summed E-state index contributed by atoms with van der Waals surface area (Å²) in [5.74, 6) is 0.801. The Morgan fingerprint density at radius 3 is 2.52 bits per heavy atom. The van der Waals surface area contributed by atoms with Gasteiger partial charge in [-0.3, -0.25) is 4.79 Å². The molecule has 0 aliphatic carbocycles. The number of amides is 1. The summed E-state index contributed by atoms with van der Waals surface area (Å²) in [5.41, 5.74) is 1.93. The molecule has 1 amide bonds. The van der Waals surface area contributed by atoms with Crippen LogP contribution in [-0.4, -0.2) is 57.4 Å². The molecule has 1 saturated heterocycles. The van der Waals surface area contributed by atoms with Crippen LogP contribution >= 0.6 is 0 Å². The Kier molecular flexibility index (Phi) is 6.19. The van der Waals surface area contributed by atoms with Crippen molar-refractivity contribution in [3.63, 3.8) is 0 Å². The highest BCUT2D eigenvalue weighted by atomic mass is 16.5. The second-order valence-corrected chi connectivity index (χ2v) is 5.75. The van der Waals surface area contributed by atoms with Gasteiger partial charge in [-0.15, -0.1) is 0 Å². The first kappa shape index (κ1) is 17.5. The zero-order chi connectivity index (χ0) is 16.8. The molecule has 1 aromatic carbocycles. The molecule has 1 aliphatic rings. The number of benzene rings is 1. The first-order valence-electron chi connectivity index (χ1n) is 7.74. The largest absolute Gasteiger partial charge is 0.497 e. The topological polar surface area (TPSA) is 48.0 Å². The normalized spacial score (nSPS) is 21.6. The fourth-order valence-electron chi connectivity index (χ4n) is 2.87. The Morgan fingerprint density at radius 2 is 1.96 bits per heavy atom. The molecular formula is C18H25NO4. The molecule has 1 fully saturated rings. The van der Waals surface area contributed by atoms with Crippen molar-refractivity contribution in [2.24, 2.45) is 0 Å². The quantitative estimate of drug-likeness (QED) is 0.755. The number of likely N-dealkylation sites (tertiary alicyclic amines) is 1. The number of carbonyl (C=O) groups is 1. The maximum absolute atomic E-state index is 12.6. The average Bonchev–Trinajstić information content (AvgIpc) is 2.98. The molecule has 23 heavy (non-hydrogen) atoms. The number of rotatable bonds is 6. The summed E-state index contributed by atoms with van der Waals surface area (Å²) in [5, 5.41) is 0. The predicted molar refractivity (Wildman–Crippen MR) is 89.4 cm³/mol. The van der Waals surface area contributed by atoms with E-state index in [1.165, 1.54) is 0 Å². The predicted octanol–water partition coefficient (Wildman–Crippen LogP) is 2.36. The summed E-state index contributed by atoms with van der Waals surface area (Å²) in [6, 6.07) is 7.75. The maximum atomic E-state index is 12.6. The first-order valence-corrected chi connectivity index (χ1v) is 7.74. The zero-order valence-electron chi connectivity index (χ0n) is 14.2. The standard InChI is InChI=1S/C18H25NO4/c1-13(14-5-7-16(22-3)8-6-14)9-18(20)19-11-17(23-4)10-15(19)12-21-2/h5-9,15,17H,10-12H2,1-4H3/b13-9+/t15-,17+/m0/s1. The van der Waals surface area contributed by atoms with Gasteiger partial charge in [0.1, 0.15) is 5.75 Å². The van der Waals surface area contributed by atoms with Crippen molar-refractivity contribution in [1.29, 1.82) is 0 Å². The van der Waals surface area contributed by atoms with E-state index in [-0.39, 0.29) is 18.1 Å². The van der Waals surface area contributed by atoms with Crippen molar-refractivity contribution in [3.05, 3.63) is 35.9 Å². The highest BCUT2D eigenvalue weighted by molar-refractivity contribution is 5.95. The number of ether oxygens (including phenoxy) is 3. The molecule has 1 heterocycles. The first-order chi connectivity index (χ1) is 11.1. The van der Waals surface area contributed by atoms with E-state index in [0.717, 1.165) is 23.3 Å². The molecule has 1 aromatic rings. The van der Waals surface area contributed by atoms with Gasteiger partial charge >= 0.3 is 0 Å². The minimum atomic E-state index is -0.0000759. The van der Waals surface area contributed by atoms with Crippen LogP contribution in [0.2, 0.25) is 0 Å². The van der Waals surface area contributed by atoms with Crippen LogP contribution in [0.4, 0.5) is 0 Å². The van der Waals surface area contributed by atoms with Crippen LogP contribution in [0.3, 0.4) is 0 Å². The van der Waals surface area contributed by atoms with Crippen molar-refractivity contribution in [2.45, 2.75) is 25.5 Å². The third-order valence-electron chi connectivity index (χ3n) is 4.24. The van der Waals surface area contributed by atoms with Crippen molar-refractivity contribution < 1.29 is 19.0 Å². The molecule has 0 N–H and O–H groups in total. The van der Waals surface area contributed by atoms with E-state index in [1.54, 1.807) is 27.4 Å². The number of nitrogens with zero attached hydrogens (tertiary/aromatic N) is 1. The SMILES string of the molecule is COC[C@@H]1C[C@@H](OC)CN1C(=O)/C=C(\C)c1ccc(OC)cc1. The lowest BCUT2D eigenvalue weighted by molar-refractivity contribution is -0.127. The minimum absolute atomic E-state index is 0.0000759. The van der Waals surface area contributed by atoms with Gasteiger partial charge in [-0.25, -0.2) is 0 Å². The van der Waals surface area contributed by atoms with Crippen LogP contribution in [0.5, 0.6) is 5.75 Å². The van der Waals surface area contributed by atoms with Crippen LogP contribution in [-0.2, 0) is 14.3 Å². The molecule has 0 saturated carbocycles. The number of hydrogen-bond donors (Lipinski definition) is 0. The number of carbonyl (C=O) groups excluding carboxylic acids is 1. The molecule has 1 aliphatic heterocycles. The van der Waals surface area contributed by atoms with E-state index in [0.29, 0.717) is 13.2 Å². The molecule has 2 atom stereocenters. The lowest BCUT2D eigenvalue weighted by Gasteiger charge is -2.22. The molecule has 0 aromatic heterocycles. The second-order valence-electron chi connectivity index (χ2n) is 5.75. The number of methoxy groups -OCH3 is 3. The summed E-state index contributed by atoms with van der Waals surface area (Å²) in [4.78, 5) is 14.5. The molecule has 5 heteroatoms. The third-order valence-corrected chi connectivity index (χ3v) is 4.24. The molecule has 0 radical (unpaired) electrons. The summed E-state index contributed by atoms with van der Waals surface area (Å²) < 4.78 is 15.8. The van der Waals surface area contributed by atoms with Crippen molar-refractivity contribution in [2.75, 3.05) is 34.5 Å². The van der Waals surface area contributed by atoms with E-state index >= 15 is 0 Å². The number of allylic oxidation sites excluding steroid dienone is 1. The fraction of sp³-hybridized carbons (Fsp3) is 0.500. The second kappa shape index (κ2) is 8.13. The van der Waals surface area contributed by atoms with Crippen LogP contribution in [0.1, 0.15) is 18.9 Å². The number of hydrogen-bond acceptors (Lipinski definition) is 4. The Labute approximate surface area is 137 Å². The minimum Gasteiger partial charge on any atom is -0.497 e. The van der Waals surface area contributed by atoms with Gasteiger partial charge in [0.25, 0.3) is 0 Å². The Morgan fingerprint density at radius 1 is 1.26 bits per heavy atom. The van der Waals surface area contributed by atoms with E-state index in [4.69, 9.17) is 14.2 Å². The van der Waals surface area contributed by atoms with E-state index in [1.807, 2.05) is 36.1 Å².